The number of benzene rings is 1. The van der Waals surface area contributed by atoms with Gasteiger partial charge in [-0.05, 0) is 12.1 Å². The minimum absolute atomic E-state index is 0.0278. The van der Waals surface area contributed by atoms with Crippen molar-refractivity contribution in [3.8, 4) is 0 Å². The van der Waals surface area contributed by atoms with E-state index in [1.54, 1.807) is 12.1 Å². The molecule has 2 aromatic rings. The zero-order valence-corrected chi connectivity index (χ0v) is 14.5. The van der Waals surface area contributed by atoms with Gasteiger partial charge in [-0.25, -0.2) is 9.78 Å². The number of aldehydes is 1. The highest BCUT2D eigenvalue weighted by Gasteiger charge is 2.15. The van der Waals surface area contributed by atoms with Gasteiger partial charge in [0.05, 0.1) is 26.8 Å². The molecule has 0 aliphatic carbocycles. The summed E-state index contributed by atoms with van der Waals surface area (Å²) in [5, 5.41) is 4.53. The largest absolute Gasteiger partial charge is 0.324 e. The van der Waals surface area contributed by atoms with Crippen LogP contribution in [0.2, 0.25) is 10.0 Å². The Balaban J connectivity index is 2.18. The third-order valence-corrected chi connectivity index (χ3v) is 4.59. The fourth-order valence-electron chi connectivity index (χ4n) is 1.62. The van der Waals surface area contributed by atoms with Gasteiger partial charge in [0.25, 0.3) is 0 Å². The summed E-state index contributed by atoms with van der Waals surface area (Å²) in [5.74, 6) is 0. The molecule has 2 rings (SSSR count). The van der Waals surface area contributed by atoms with Crippen LogP contribution in [0, 0.1) is 0 Å². The number of urea groups is 1. The van der Waals surface area contributed by atoms with Crippen LogP contribution in [0.5, 0.6) is 0 Å². The van der Waals surface area contributed by atoms with Crippen molar-refractivity contribution < 1.29 is 9.59 Å². The third kappa shape index (κ3) is 4.06. The number of hydrogen-bond donors (Lipinski definition) is 1. The maximum absolute atomic E-state index is 12.1. The molecule has 1 heterocycles. The van der Waals surface area contributed by atoms with Gasteiger partial charge in [0.15, 0.2) is 5.13 Å². The summed E-state index contributed by atoms with van der Waals surface area (Å²) in [6, 6.07) is 2.97. The number of nitrogens with zero attached hydrogens (tertiary/aromatic N) is 2. The number of fused-ring (bicyclic) bond motifs is 1. The molecule has 0 fully saturated rings. The van der Waals surface area contributed by atoms with Gasteiger partial charge in [0.2, 0.25) is 0 Å². The van der Waals surface area contributed by atoms with Crippen LogP contribution in [0.4, 0.5) is 9.93 Å². The van der Waals surface area contributed by atoms with E-state index in [0.717, 1.165) is 4.70 Å². The Labute approximate surface area is 143 Å². The molecule has 0 bridgehead atoms. The van der Waals surface area contributed by atoms with Crippen molar-refractivity contribution in [2.45, 2.75) is 0 Å². The first-order valence-electron chi connectivity index (χ1n) is 5.86. The number of thiazole rings is 1. The molecule has 9 heteroatoms. The zero-order valence-electron chi connectivity index (χ0n) is 10.6. The van der Waals surface area contributed by atoms with Gasteiger partial charge in [0, 0.05) is 11.9 Å². The normalized spacial score (nSPS) is 10.6. The summed E-state index contributed by atoms with van der Waals surface area (Å²) in [5.41, 5.74) is 0.659. The van der Waals surface area contributed by atoms with Gasteiger partial charge < -0.3 is 9.69 Å². The molecule has 0 saturated carbocycles. The van der Waals surface area contributed by atoms with E-state index in [1.807, 2.05) is 0 Å². The number of anilines is 1. The van der Waals surface area contributed by atoms with Crippen molar-refractivity contribution in [3.05, 3.63) is 22.2 Å². The molecule has 0 aliphatic heterocycles. The molecular formula is C12H10BrCl2N3O2S. The molecule has 5 nitrogen and oxygen atoms in total. The van der Waals surface area contributed by atoms with E-state index in [0.29, 0.717) is 38.9 Å². The molecule has 1 N–H and O–H groups in total. The van der Waals surface area contributed by atoms with Crippen LogP contribution in [0.1, 0.15) is 0 Å². The average Bonchev–Trinajstić information content (AvgIpc) is 2.80. The highest BCUT2D eigenvalue weighted by molar-refractivity contribution is 9.09. The summed E-state index contributed by atoms with van der Waals surface area (Å²) in [4.78, 5) is 28.3. The van der Waals surface area contributed by atoms with Gasteiger partial charge in [-0.3, -0.25) is 5.32 Å². The first-order valence-corrected chi connectivity index (χ1v) is 8.55. The fraction of sp³-hybridized carbons (Fsp3) is 0.250. The van der Waals surface area contributed by atoms with Crippen LogP contribution in [0.3, 0.4) is 0 Å². The van der Waals surface area contributed by atoms with E-state index < -0.39 is 0 Å². The second-order valence-electron chi connectivity index (χ2n) is 3.98. The molecule has 0 atom stereocenters. The van der Waals surface area contributed by atoms with Gasteiger partial charge in [-0.15, -0.1) is 0 Å². The van der Waals surface area contributed by atoms with E-state index in [-0.39, 0.29) is 12.6 Å². The van der Waals surface area contributed by atoms with Crippen LogP contribution >= 0.6 is 50.5 Å². The summed E-state index contributed by atoms with van der Waals surface area (Å²) < 4.78 is 0.821. The summed E-state index contributed by atoms with van der Waals surface area (Å²) in [6.07, 6.45) is 0.681. The Bertz CT molecular complexity index is 641. The van der Waals surface area contributed by atoms with Crippen LogP contribution in [-0.4, -0.2) is 40.6 Å². The van der Waals surface area contributed by atoms with Gasteiger partial charge >= 0.3 is 6.03 Å². The van der Waals surface area contributed by atoms with Gasteiger partial charge in [-0.2, -0.15) is 0 Å². The van der Waals surface area contributed by atoms with Crippen molar-refractivity contribution in [3.63, 3.8) is 0 Å². The molecule has 1 aromatic carbocycles. The predicted molar refractivity (Wildman–Crippen MR) is 90.1 cm³/mol. The van der Waals surface area contributed by atoms with Crippen LogP contribution < -0.4 is 5.32 Å². The lowest BCUT2D eigenvalue weighted by Crippen LogP contribution is -2.37. The topological polar surface area (TPSA) is 62.3 Å². The van der Waals surface area contributed by atoms with Crippen molar-refractivity contribution in [2.75, 3.05) is 23.7 Å². The molecule has 0 spiro atoms. The lowest BCUT2D eigenvalue weighted by atomic mass is 10.3. The Morgan fingerprint density at radius 1 is 1.43 bits per heavy atom. The smallest absolute Gasteiger partial charge is 0.317 e. The number of rotatable bonds is 5. The minimum atomic E-state index is -0.377. The average molecular weight is 411 g/mol. The fourth-order valence-corrected chi connectivity index (χ4v) is 3.31. The number of carbonyl (C=O) groups excluding carboxylic acids is 2. The molecule has 21 heavy (non-hydrogen) atoms. The predicted octanol–water partition coefficient (Wildman–Crippen LogP) is 4.03. The minimum Gasteiger partial charge on any atom is -0.317 e. The quantitative estimate of drug-likeness (QED) is 0.597. The maximum atomic E-state index is 12.1. The molecule has 112 valence electrons. The zero-order chi connectivity index (χ0) is 15.4. The molecule has 0 aliphatic rings. The second-order valence-corrected chi connectivity index (χ2v) is 6.62. The maximum Gasteiger partial charge on any atom is 0.324 e. The first kappa shape index (κ1) is 16.5. The first-order chi connectivity index (χ1) is 10.0. The van der Waals surface area contributed by atoms with Gasteiger partial charge in [-0.1, -0.05) is 50.5 Å². The summed E-state index contributed by atoms with van der Waals surface area (Å²) in [6.45, 7) is 0.451. The molecule has 1 aromatic heterocycles. The Hall–Kier alpha value is -0.890. The lowest BCUT2D eigenvalue weighted by molar-refractivity contribution is -0.108. The highest BCUT2D eigenvalue weighted by atomic mass is 79.9. The molecule has 0 saturated heterocycles. The van der Waals surface area contributed by atoms with Crippen molar-refractivity contribution in [2.24, 2.45) is 0 Å². The Morgan fingerprint density at radius 3 is 2.81 bits per heavy atom. The number of nitrogens with one attached hydrogen (secondary N) is 1. The molecular weight excluding hydrogens is 401 g/mol. The SMILES string of the molecule is O=CCN(CCBr)C(=O)Nc1nc2cc(Cl)c(Cl)cc2s1. The van der Waals surface area contributed by atoms with E-state index in [4.69, 9.17) is 23.2 Å². The van der Waals surface area contributed by atoms with Crippen molar-refractivity contribution in [1.82, 2.24) is 9.88 Å². The number of carbonyl (C=O) groups is 2. The van der Waals surface area contributed by atoms with E-state index in [9.17, 15) is 9.59 Å². The van der Waals surface area contributed by atoms with Crippen molar-refractivity contribution in [1.29, 1.82) is 0 Å². The molecule has 0 unspecified atom stereocenters. The summed E-state index contributed by atoms with van der Waals surface area (Å²) in [7, 11) is 0. The van der Waals surface area contributed by atoms with E-state index in [2.05, 4.69) is 26.2 Å². The lowest BCUT2D eigenvalue weighted by Gasteiger charge is -2.18. The Kier molecular flexibility index (Phi) is 5.80. The van der Waals surface area contributed by atoms with E-state index in [1.165, 1.54) is 16.2 Å². The van der Waals surface area contributed by atoms with Crippen LogP contribution in [-0.2, 0) is 4.79 Å². The van der Waals surface area contributed by atoms with Crippen LogP contribution in [0.15, 0.2) is 12.1 Å². The van der Waals surface area contributed by atoms with Crippen molar-refractivity contribution >= 4 is 78.1 Å². The van der Waals surface area contributed by atoms with E-state index >= 15 is 0 Å². The number of alkyl halides is 1. The third-order valence-electron chi connectivity index (χ3n) is 2.58. The number of hydrogen-bond acceptors (Lipinski definition) is 4. The Morgan fingerprint density at radius 2 is 2.14 bits per heavy atom. The summed E-state index contributed by atoms with van der Waals surface area (Å²) >= 11 is 16.4. The monoisotopic (exact) mass is 409 g/mol. The number of halogens is 3. The molecule has 2 amide bonds. The number of aromatic nitrogens is 1. The molecule has 0 radical (unpaired) electrons. The standard InChI is InChI=1S/C12H10BrCl2N3O2S/c13-1-2-18(3-4-19)12(20)17-11-16-9-5-7(14)8(15)6-10(9)21-11/h4-6H,1-3H2,(H,16,17,20). The second kappa shape index (κ2) is 7.40. The van der Waals surface area contributed by atoms with Crippen LogP contribution in [0.25, 0.3) is 10.2 Å². The van der Waals surface area contributed by atoms with Gasteiger partial charge in [0.1, 0.15) is 6.29 Å². The highest BCUT2D eigenvalue weighted by Crippen LogP contribution is 2.33. The number of amides is 2.